The second-order valence-corrected chi connectivity index (χ2v) is 9.30. The largest absolute Gasteiger partial charge is 0.385 e. The standard InChI is InChI=1S/C25H30FN5O4/c1-15(32)22(33)21-17(26)4-2-6-19(21)31-12-8-16(9-13-31)14-28-24(35)25(10-11-25)30-23(34)18-5-3-7-20(27)29-18/h2-7,15-16,32H,8-14H2,1H3,(H2,27,29)(H,28,35)(H,30,34). The summed E-state index contributed by atoms with van der Waals surface area (Å²) in [5.41, 5.74) is 5.28. The molecule has 2 aliphatic rings. The molecule has 4 rings (SSSR count). The molecule has 186 valence electrons. The van der Waals surface area contributed by atoms with Crippen LogP contribution in [0.25, 0.3) is 0 Å². The molecular weight excluding hydrogens is 453 g/mol. The Labute approximate surface area is 202 Å². The van der Waals surface area contributed by atoms with Gasteiger partial charge in [0.05, 0.1) is 11.3 Å². The predicted octanol–water partition coefficient (Wildman–Crippen LogP) is 1.66. The minimum atomic E-state index is -1.29. The molecule has 1 aromatic carbocycles. The first kappa shape index (κ1) is 24.6. The molecule has 35 heavy (non-hydrogen) atoms. The number of amides is 2. The van der Waals surface area contributed by atoms with Gasteiger partial charge in [-0.1, -0.05) is 12.1 Å². The van der Waals surface area contributed by atoms with Gasteiger partial charge in [0.15, 0.2) is 5.78 Å². The number of halogens is 1. The molecule has 1 saturated carbocycles. The molecular formula is C25H30FN5O4. The summed E-state index contributed by atoms with van der Waals surface area (Å²) in [6, 6.07) is 9.23. The molecule has 2 fully saturated rings. The Hall–Kier alpha value is -3.53. The Balaban J connectivity index is 1.30. The maximum Gasteiger partial charge on any atom is 0.270 e. The lowest BCUT2D eigenvalue weighted by Gasteiger charge is -2.35. The number of nitrogens with two attached hydrogens (primary N) is 1. The van der Waals surface area contributed by atoms with Crippen LogP contribution < -0.4 is 21.3 Å². The number of Topliss-reactive ketones (excluding diaryl/α,β-unsaturated/α-hetero) is 1. The number of hydrogen-bond acceptors (Lipinski definition) is 7. The second-order valence-electron chi connectivity index (χ2n) is 9.30. The van der Waals surface area contributed by atoms with Crippen molar-refractivity contribution < 1.29 is 23.9 Å². The van der Waals surface area contributed by atoms with Crippen LogP contribution in [-0.2, 0) is 4.79 Å². The number of hydrogen-bond donors (Lipinski definition) is 4. The average molecular weight is 484 g/mol. The van der Waals surface area contributed by atoms with Crippen molar-refractivity contribution in [1.82, 2.24) is 15.6 Å². The van der Waals surface area contributed by atoms with Crippen molar-refractivity contribution >= 4 is 29.1 Å². The number of benzene rings is 1. The number of carbonyl (C=O) groups excluding carboxylic acids is 3. The molecule has 2 amide bonds. The number of nitrogens with one attached hydrogen (secondary N) is 2. The Morgan fingerprint density at radius 2 is 1.89 bits per heavy atom. The Bertz CT molecular complexity index is 1130. The summed E-state index contributed by atoms with van der Waals surface area (Å²) in [5.74, 6) is -1.49. The third-order valence-electron chi connectivity index (χ3n) is 6.66. The molecule has 1 aromatic heterocycles. The fourth-order valence-electron chi connectivity index (χ4n) is 4.41. The summed E-state index contributed by atoms with van der Waals surface area (Å²) in [4.78, 5) is 43.6. The van der Waals surface area contributed by atoms with E-state index in [-0.39, 0.29) is 28.9 Å². The SMILES string of the molecule is CC(O)C(=O)c1c(F)cccc1N1CCC(CNC(=O)C2(NC(=O)c3cccc(N)n3)CC2)CC1. The number of anilines is 2. The third kappa shape index (κ3) is 5.43. The van der Waals surface area contributed by atoms with Gasteiger partial charge in [0, 0.05) is 19.6 Å². The minimum Gasteiger partial charge on any atom is -0.385 e. The van der Waals surface area contributed by atoms with Gasteiger partial charge in [-0.15, -0.1) is 0 Å². The number of aromatic nitrogens is 1. The highest BCUT2D eigenvalue weighted by Crippen LogP contribution is 2.36. The van der Waals surface area contributed by atoms with Gasteiger partial charge >= 0.3 is 0 Å². The highest BCUT2D eigenvalue weighted by atomic mass is 19.1. The summed E-state index contributed by atoms with van der Waals surface area (Å²) < 4.78 is 14.4. The topological polar surface area (TPSA) is 138 Å². The third-order valence-corrected chi connectivity index (χ3v) is 6.66. The molecule has 2 heterocycles. The second kappa shape index (κ2) is 9.99. The van der Waals surface area contributed by atoms with E-state index in [4.69, 9.17) is 5.73 Å². The monoisotopic (exact) mass is 483 g/mol. The normalized spacial score (nSPS) is 18.0. The fraction of sp³-hybridized carbons (Fsp3) is 0.440. The van der Waals surface area contributed by atoms with Gasteiger partial charge in [0.25, 0.3) is 5.91 Å². The maximum absolute atomic E-state index is 14.4. The van der Waals surface area contributed by atoms with Crippen LogP contribution in [0.4, 0.5) is 15.9 Å². The number of piperidine rings is 1. The quantitative estimate of drug-likeness (QED) is 0.419. The number of carbonyl (C=O) groups is 3. The van der Waals surface area contributed by atoms with Gasteiger partial charge < -0.3 is 26.4 Å². The Kier molecular flexibility index (Phi) is 7.02. The van der Waals surface area contributed by atoms with Gasteiger partial charge in [-0.2, -0.15) is 0 Å². The lowest BCUT2D eigenvalue weighted by molar-refractivity contribution is -0.124. The van der Waals surface area contributed by atoms with Gasteiger partial charge in [-0.3, -0.25) is 14.4 Å². The van der Waals surface area contributed by atoms with E-state index in [1.165, 1.54) is 13.0 Å². The van der Waals surface area contributed by atoms with Crippen LogP contribution in [-0.4, -0.2) is 59.0 Å². The summed E-state index contributed by atoms with van der Waals surface area (Å²) in [5, 5.41) is 15.4. The maximum atomic E-state index is 14.4. The number of aliphatic hydroxyl groups excluding tert-OH is 1. The molecule has 1 aliphatic heterocycles. The van der Waals surface area contributed by atoms with Gasteiger partial charge in [-0.05, 0) is 62.8 Å². The molecule has 9 nitrogen and oxygen atoms in total. The molecule has 0 spiro atoms. The van der Waals surface area contributed by atoms with E-state index >= 15 is 0 Å². The van der Waals surface area contributed by atoms with E-state index in [1.807, 2.05) is 4.90 Å². The van der Waals surface area contributed by atoms with Crippen LogP contribution in [0.5, 0.6) is 0 Å². The first-order valence-corrected chi connectivity index (χ1v) is 11.8. The van der Waals surface area contributed by atoms with E-state index in [0.29, 0.717) is 38.2 Å². The predicted molar refractivity (Wildman–Crippen MR) is 128 cm³/mol. The van der Waals surface area contributed by atoms with Crippen LogP contribution in [0.15, 0.2) is 36.4 Å². The van der Waals surface area contributed by atoms with E-state index < -0.39 is 29.2 Å². The number of nitrogens with zero attached hydrogens (tertiary/aromatic N) is 2. The number of nitrogen functional groups attached to an aromatic ring is 1. The summed E-state index contributed by atoms with van der Waals surface area (Å²) in [6.07, 6.45) is 1.32. The average Bonchev–Trinajstić information content (AvgIpc) is 3.63. The zero-order chi connectivity index (χ0) is 25.2. The van der Waals surface area contributed by atoms with Crippen LogP contribution >= 0.6 is 0 Å². The van der Waals surface area contributed by atoms with E-state index in [0.717, 1.165) is 12.8 Å². The lowest BCUT2D eigenvalue weighted by atomic mass is 9.94. The molecule has 1 saturated heterocycles. The van der Waals surface area contributed by atoms with Crippen molar-refractivity contribution in [3.05, 3.63) is 53.5 Å². The molecule has 5 N–H and O–H groups in total. The minimum absolute atomic E-state index is 0.0877. The van der Waals surface area contributed by atoms with Crippen molar-refractivity contribution in [3.8, 4) is 0 Å². The molecule has 0 radical (unpaired) electrons. The lowest BCUT2D eigenvalue weighted by Crippen LogP contribution is -2.50. The van der Waals surface area contributed by atoms with Crippen LogP contribution in [0, 0.1) is 11.7 Å². The summed E-state index contributed by atoms with van der Waals surface area (Å²) in [6.45, 7) is 2.97. The first-order valence-electron chi connectivity index (χ1n) is 11.8. The van der Waals surface area contributed by atoms with E-state index in [1.54, 1.807) is 30.3 Å². The van der Waals surface area contributed by atoms with Crippen molar-refractivity contribution in [2.24, 2.45) is 5.92 Å². The van der Waals surface area contributed by atoms with E-state index in [9.17, 15) is 23.9 Å². The first-order chi connectivity index (χ1) is 16.7. The number of aliphatic hydroxyl groups is 1. The number of ketones is 1. The highest BCUT2D eigenvalue weighted by molar-refractivity contribution is 6.04. The van der Waals surface area contributed by atoms with Gasteiger partial charge in [0.1, 0.15) is 29.0 Å². The van der Waals surface area contributed by atoms with Crippen LogP contribution in [0.2, 0.25) is 0 Å². The van der Waals surface area contributed by atoms with Crippen molar-refractivity contribution in [3.63, 3.8) is 0 Å². The van der Waals surface area contributed by atoms with E-state index in [2.05, 4.69) is 15.6 Å². The smallest absolute Gasteiger partial charge is 0.270 e. The molecule has 1 unspecified atom stereocenters. The van der Waals surface area contributed by atoms with Crippen LogP contribution in [0.1, 0.15) is 53.5 Å². The Morgan fingerprint density at radius 1 is 1.20 bits per heavy atom. The molecule has 10 heteroatoms. The van der Waals surface area contributed by atoms with Crippen molar-refractivity contribution in [2.45, 2.75) is 44.2 Å². The van der Waals surface area contributed by atoms with Gasteiger partial charge in [0.2, 0.25) is 5.91 Å². The van der Waals surface area contributed by atoms with Crippen molar-refractivity contribution in [1.29, 1.82) is 0 Å². The molecule has 0 bridgehead atoms. The number of rotatable bonds is 8. The van der Waals surface area contributed by atoms with Gasteiger partial charge in [-0.25, -0.2) is 9.37 Å². The zero-order valence-corrected chi connectivity index (χ0v) is 19.6. The molecule has 2 aromatic rings. The highest BCUT2D eigenvalue weighted by Gasteiger charge is 2.51. The molecule has 1 atom stereocenters. The zero-order valence-electron chi connectivity index (χ0n) is 19.6. The summed E-state index contributed by atoms with van der Waals surface area (Å²) in [7, 11) is 0. The molecule has 1 aliphatic carbocycles. The summed E-state index contributed by atoms with van der Waals surface area (Å²) >= 11 is 0. The fourth-order valence-corrected chi connectivity index (χ4v) is 4.41. The van der Waals surface area contributed by atoms with Crippen LogP contribution in [0.3, 0.4) is 0 Å². The Morgan fingerprint density at radius 3 is 2.51 bits per heavy atom. The number of pyridine rings is 1. The van der Waals surface area contributed by atoms with Crippen molar-refractivity contribution in [2.75, 3.05) is 30.3 Å².